The van der Waals surface area contributed by atoms with Crippen molar-refractivity contribution >= 4 is 23.2 Å². The van der Waals surface area contributed by atoms with Crippen LogP contribution in [0.5, 0.6) is 11.5 Å². The lowest BCUT2D eigenvalue weighted by Gasteiger charge is -2.39. The van der Waals surface area contributed by atoms with Gasteiger partial charge in [0.25, 0.3) is 5.91 Å². The molecule has 0 spiro atoms. The van der Waals surface area contributed by atoms with Crippen molar-refractivity contribution in [2.45, 2.75) is 32.3 Å². The van der Waals surface area contributed by atoms with Crippen LogP contribution in [0.1, 0.15) is 43.4 Å². The topological polar surface area (TPSA) is 51.2 Å². The van der Waals surface area contributed by atoms with Crippen LogP contribution in [0.25, 0.3) is 0 Å². The second-order valence-corrected chi connectivity index (χ2v) is 11.5. The number of hydrogen-bond acceptors (Lipinski definition) is 5. The van der Waals surface area contributed by atoms with Gasteiger partial charge in [-0.15, -0.1) is 0 Å². The molecule has 0 aromatic heterocycles. The third kappa shape index (κ3) is 6.56. The van der Waals surface area contributed by atoms with Crippen molar-refractivity contribution in [3.8, 4) is 11.5 Å². The molecule has 0 aliphatic carbocycles. The number of methoxy groups -OCH3 is 1. The molecule has 2 heterocycles. The molecular weight excluding hydrogens is 524 g/mol. The van der Waals surface area contributed by atoms with Crippen LogP contribution in [-0.2, 0) is 9.53 Å². The van der Waals surface area contributed by atoms with E-state index in [-0.39, 0.29) is 18.6 Å². The smallest absolute Gasteiger partial charge is 0.260 e. The Morgan fingerprint density at radius 3 is 2.30 bits per heavy atom. The molecule has 0 unspecified atom stereocenters. The Hall–Kier alpha value is -3.22. The van der Waals surface area contributed by atoms with E-state index in [1.807, 2.05) is 47.4 Å². The summed E-state index contributed by atoms with van der Waals surface area (Å²) >= 11 is 6.09. The minimum absolute atomic E-state index is 0.00693. The van der Waals surface area contributed by atoms with Crippen molar-refractivity contribution in [1.29, 1.82) is 0 Å². The van der Waals surface area contributed by atoms with Crippen molar-refractivity contribution in [2.75, 3.05) is 51.4 Å². The number of halogens is 1. The highest BCUT2D eigenvalue weighted by Crippen LogP contribution is 2.43. The molecule has 0 bridgehead atoms. The summed E-state index contributed by atoms with van der Waals surface area (Å²) in [7, 11) is 1.69. The van der Waals surface area contributed by atoms with Crippen LogP contribution in [0.2, 0.25) is 5.02 Å². The van der Waals surface area contributed by atoms with Gasteiger partial charge in [0.15, 0.2) is 6.61 Å². The molecular formula is C33H39ClN2O4. The van der Waals surface area contributed by atoms with Crippen LogP contribution in [-0.4, -0.2) is 57.3 Å². The molecule has 2 aliphatic rings. The van der Waals surface area contributed by atoms with Gasteiger partial charge in [-0.2, -0.15) is 0 Å². The zero-order valence-corrected chi connectivity index (χ0v) is 24.3. The van der Waals surface area contributed by atoms with Crippen molar-refractivity contribution in [3.05, 3.63) is 88.9 Å². The first-order valence-electron chi connectivity index (χ1n) is 14.2. The molecule has 0 N–H and O–H groups in total. The van der Waals surface area contributed by atoms with Gasteiger partial charge in [0.2, 0.25) is 0 Å². The van der Waals surface area contributed by atoms with E-state index < -0.39 is 0 Å². The van der Waals surface area contributed by atoms with Crippen LogP contribution < -0.4 is 14.4 Å². The summed E-state index contributed by atoms with van der Waals surface area (Å²) in [5.41, 5.74) is 3.50. The van der Waals surface area contributed by atoms with Crippen LogP contribution in [0.15, 0.2) is 72.8 Å². The highest BCUT2D eigenvalue weighted by molar-refractivity contribution is 6.30. The van der Waals surface area contributed by atoms with Gasteiger partial charge in [-0.1, -0.05) is 61.8 Å². The summed E-state index contributed by atoms with van der Waals surface area (Å²) in [5.74, 6) is 2.81. The van der Waals surface area contributed by atoms with Crippen LogP contribution in [0.4, 0.5) is 5.69 Å². The normalized spacial score (nSPS) is 21.4. The molecule has 3 aromatic carbocycles. The number of rotatable bonds is 8. The second kappa shape index (κ2) is 13.0. The van der Waals surface area contributed by atoms with Gasteiger partial charge in [0.1, 0.15) is 11.5 Å². The molecule has 1 amide bonds. The number of amides is 1. The summed E-state index contributed by atoms with van der Waals surface area (Å²) < 4.78 is 17.9. The minimum atomic E-state index is 0.00693. The third-order valence-electron chi connectivity index (χ3n) is 8.25. The highest BCUT2D eigenvalue weighted by atomic mass is 35.5. The monoisotopic (exact) mass is 562 g/mol. The lowest BCUT2D eigenvalue weighted by atomic mass is 9.76. The fourth-order valence-electron chi connectivity index (χ4n) is 5.87. The number of para-hydroxylation sites is 2. The van der Waals surface area contributed by atoms with Crippen molar-refractivity contribution in [3.63, 3.8) is 0 Å². The molecule has 3 atom stereocenters. The van der Waals surface area contributed by atoms with E-state index in [0.717, 1.165) is 41.5 Å². The zero-order valence-electron chi connectivity index (χ0n) is 23.6. The molecule has 6 nitrogen and oxygen atoms in total. The summed E-state index contributed by atoms with van der Waals surface area (Å²) in [5, 5.41) is 0.759. The Labute approximate surface area is 242 Å². The van der Waals surface area contributed by atoms with E-state index in [9.17, 15) is 4.79 Å². The molecule has 5 rings (SSSR count). The average Bonchev–Trinajstić information content (AvgIpc) is 3.00. The zero-order chi connectivity index (χ0) is 28.1. The quantitative estimate of drug-likeness (QED) is 0.310. The predicted octanol–water partition coefficient (Wildman–Crippen LogP) is 6.59. The van der Waals surface area contributed by atoms with Crippen molar-refractivity contribution in [2.24, 2.45) is 11.8 Å². The maximum atomic E-state index is 12.9. The number of hydrogen-bond donors (Lipinski definition) is 0. The molecule has 2 saturated heterocycles. The number of carbonyl (C=O) groups excluding carboxylic acids is 1. The van der Waals surface area contributed by atoms with Gasteiger partial charge in [-0.25, -0.2) is 0 Å². The van der Waals surface area contributed by atoms with Gasteiger partial charge in [-0.3, -0.25) is 4.79 Å². The van der Waals surface area contributed by atoms with E-state index in [0.29, 0.717) is 43.2 Å². The van der Waals surface area contributed by atoms with Crippen molar-refractivity contribution in [1.82, 2.24) is 4.90 Å². The lowest BCUT2D eigenvalue weighted by molar-refractivity contribution is -0.133. The molecule has 3 aromatic rings. The SMILES string of the molecule is COc1ccccc1N1CCN(C(=O)COc2ccc([C@@H]3OC[C@@H](c4ccc(Cl)cc4)C[C@H]3C(C)C)cc2)CC1. The third-order valence-corrected chi connectivity index (χ3v) is 8.50. The van der Waals surface area contributed by atoms with E-state index >= 15 is 0 Å². The van der Waals surface area contributed by atoms with Crippen LogP contribution in [0, 0.1) is 11.8 Å². The van der Waals surface area contributed by atoms with E-state index in [1.54, 1.807) is 7.11 Å². The Balaban J connectivity index is 1.13. The summed E-state index contributed by atoms with van der Waals surface area (Å²) in [6, 6.07) is 24.2. The molecule has 212 valence electrons. The Kier molecular flexibility index (Phi) is 9.18. The molecule has 2 fully saturated rings. The summed E-state index contributed by atoms with van der Waals surface area (Å²) in [4.78, 5) is 17.0. The maximum Gasteiger partial charge on any atom is 0.260 e. The van der Waals surface area contributed by atoms with Gasteiger partial charge >= 0.3 is 0 Å². The lowest BCUT2D eigenvalue weighted by Crippen LogP contribution is -2.50. The van der Waals surface area contributed by atoms with Crippen LogP contribution in [0.3, 0.4) is 0 Å². The Bertz CT molecular complexity index is 1260. The molecule has 2 aliphatic heterocycles. The van der Waals surface area contributed by atoms with E-state index in [1.165, 1.54) is 5.56 Å². The number of benzene rings is 3. The largest absolute Gasteiger partial charge is 0.495 e. The van der Waals surface area contributed by atoms with Gasteiger partial charge in [0, 0.05) is 37.1 Å². The van der Waals surface area contributed by atoms with Gasteiger partial charge in [-0.05, 0) is 65.8 Å². The summed E-state index contributed by atoms with van der Waals surface area (Å²) in [6.45, 7) is 8.10. The number of anilines is 1. The Morgan fingerprint density at radius 1 is 0.950 bits per heavy atom. The Morgan fingerprint density at radius 2 is 1.62 bits per heavy atom. The van der Waals surface area contributed by atoms with E-state index in [4.69, 9.17) is 25.8 Å². The predicted molar refractivity (Wildman–Crippen MR) is 160 cm³/mol. The molecule has 40 heavy (non-hydrogen) atoms. The highest BCUT2D eigenvalue weighted by Gasteiger charge is 2.35. The number of carbonyl (C=O) groups is 1. The van der Waals surface area contributed by atoms with Crippen molar-refractivity contribution < 1.29 is 19.0 Å². The first-order chi connectivity index (χ1) is 19.4. The molecule has 0 radical (unpaired) electrons. The first kappa shape index (κ1) is 28.3. The number of piperazine rings is 1. The fourth-order valence-corrected chi connectivity index (χ4v) is 6.00. The minimum Gasteiger partial charge on any atom is -0.495 e. The summed E-state index contributed by atoms with van der Waals surface area (Å²) in [6.07, 6.45) is 1.11. The average molecular weight is 563 g/mol. The second-order valence-electron chi connectivity index (χ2n) is 11.0. The van der Waals surface area contributed by atoms with Gasteiger partial charge < -0.3 is 24.0 Å². The van der Waals surface area contributed by atoms with Crippen LogP contribution >= 0.6 is 11.6 Å². The maximum absolute atomic E-state index is 12.9. The number of nitrogens with zero attached hydrogens (tertiary/aromatic N) is 2. The molecule has 0 saturated carbocycles. The number of ether oxygens (including phenoxy) is 3. The fraction of sp³-hybridized carbons (Fsp3) is 0.424. The molecule has 7 heteroatoms. The first-order valence-corrected chi connectivity index (χ1v) is 14.6. The van der Waals surface area contributed by atoms with E-state index in [2.05, 4.69) is 49.1 Å². The van der Waals surface area contributed by atoms with Gasteiger partial charge in [0.05, 0.1) is 25.5 Å². The standard InChI is InChI=1S/C33H39ClN2O4/c1-23(2)29-20-26(24-8-12-27(34)13-9-24)21-40-33(29)25-10-14-28(15-11-25)39-22-32(37)36-18-16-35(17-19-36)30-6-4-5-7-31(30)38-3/h4-15,23,26,29,33H,16-22H2,1-3H3/t26-,29-,33-/m0/s1.